The molecule has 0 fully saturated rings. The highest BCUT2D eigenvalue weighted by atomic mass is 32.1. The van der Waals surface area contributed by atoms with Crippen molar-refractivity contribution in [3.63, 3.8) is 0 Å². The predicted molar refractivity (Wildman–Crippen MR) is 68.2 cm³/mol. The van der Waals surface area contributed by atoms with E-state index in [0.29, 0.717) is 0 Å². The van der Waals surface area contributed by atoms with E-state index in [1.165, 1.54) is 15.6 Å². The molecule has 78 valence electrons. The van der Waals surface area contributed by atoms with Gasteiger partial charge in [0.2, 0.25) is 0 Å². The fourth-order valence-corrected chi connectivity index (χ4v) is 2.80. The summed E-state index contributed by atoms with van der Waals surface area (Å²) in [5.41, 5.74) is 8.54. The van der Waals surface area contributed by atoms with E-state index in [4.69, 9.17) is 5.73 Å². The van der Waals surface area contributed by atoms with Crippen molar-refractivity contribution in [2.75, 3.05) is 0 Å². The highest BCUT2D eigenvalue weighted by molar-refractivity contribution is 7.17. The van der Waals surface area contributed by atoms with Gasteiger partial charge in [-0.25, -0.2) is 0 Å². The van der Waals surface area contributed by atoms with Crippen LogP contribution in [0.5, 0.6) is 0 Å². The van der Waals surface area contributed by atoms with E-state index >= 15 is 0 Å². The topological polar surface area (TPSA) is 26.0 Å². The number of fused-ring (bicyclic) bond motifs is 1. The van der Waals surface area contributed by atoms with Gasteiger partial charge >= 0.3 is 0 Å². The van der Waals surface area contributed by atoms with Crippen molar-refractivity contribution in [2.24, 2.45) is 5.73 Å². The molecule has 0 amide bonds. The van der Waals surface area contributed by atoms with E-state index in [0.717, 1.165) is 12.0 Å². The number of hydrogen-bond acceptors (Lipinski definition) is 2. The van der Waals surface area contributed by atoms with Gasteiger partial charge in [-0.05, 0) is 35.7 Å². The van der Waals surface area contributed by atoms with Gasteiger partial charge in [0.05, 0.1) is 0 Å². The summed E-state index contributed by atoms with van der Waals surface area (Å²) in [6.45, 7) is 5.93. The van der Waals surface area contributed by atoms with E-state index in [9.17, 15) is 0 Å². The molecule has 0 unspecified atom stereocenters. The molecule has 0 bridgehead atoms. The Hall–Kier alpha value is -1.12. The fourth-order valence-electron chi connectivity index (χ4n) is 1.77. The van der Waals surface area contributed by atoms with Gasteiger partial charge < -0.3 is 5.73 Å². The van der Waals surface area contributed by atoms with Crippen molar-refractivity contribution >= 4 is 21.4 Å². The zero-order valence-corrected chi connectivity index (χ0v) is 9.68. The molecule has 1 aromatic carbocycles. The minimum absolute atomic E-state index is 0.0821. The lowest BCUT2D eigenvalue weighted by molar-refractivity contribution is 0.725. The van der Waals surface area contributed by atoms with E-state index in [-0.39, 0.29) is 6.04 Å². The maximum atomic E-state index is 6.15. The lowest BCUT2D eigenvalue weighted by Gasteiger charge is -2.10. The molecule has 1 nitrogen and oxygen atoms in total. The molecule has 0 saturated heterocycles. The molecule has 1 aromatic heterocycles. The van der Waals surface area contributed by atoms with Gasteiger partial charge in [-0.15, -0.1) is 17.9 Å². The van der Waals surface area contributed by atoms with Crippen molar-refractivity contribution in [2.45, 2.75) is 19.4 Å². The molecular weight excluding hydrogens is 202 g/mol. The maximum Gasteiger partial charge on any atom is 0.0346 e. The van der Waals surface area contributed by atoms with Gasteiger partial charge in [0, 0.05) is 10.7 Å². The van der Waals surface area contributed by atoms with Gasteiger partial charge in [-0.1, -0.05) is 23.8 Å². The summed E-state index contributed by atoms with van der Waals surface area (Å²) < 4.78 is 1.31. The Morgan fingerprint density at radius 1 is 1.47 bits per heavy atom. The lowest BCUT2D eigenvalue weighted by atomic mass is 10.0. The standard InChI is InChI=1S/C13H15NS/c1-9(2)7-12(14)11-8-15-13-6-4-3-5-10(11)13/h3-6,8,12H,1,7,14H2,2H3/t12-/m0/s1. The SMILES string of the molecule is C=C(C)C[C@H](N)c1csc2ccccc12. The molecule has 0 saturated carbocycles. The van der Waals surface area contributed by atoms with Crippen molar-refractivity contribution in [3.05, 3.63) is 47.4 Å². The van der Waals surface area contributed by atoms with E-state index < -0.39 is 0 Å². The molecule has 2 aromatic rings. The van der Waals surface area contributed by atoms with Crippen LogP contribution >= 0.6 is 11.3 Å². The number of nitrogens with two attached hydrogens (primary N) is 1. The van der Waals surface area contributed by atoms with Crippen molar-refractivity contribution in [3.8, 4) is 0 Å². The summed E-state index contributed by atoms with van der Waals surface area (Å²) in [6.07, 6.45) is 0.862. The second-order valence-corrected chi connectivity index (χ2v) is 4.87. The zero-order chi connectivity index (χ0) is 10.8. The van der Waals surface area contributed by atoms with Crippen LogP contribution in [-0.4, -0.2) is 0 Å². The molecule has 2 N–H and O–H groups in total. The number of rotatable bonds is 3. The molecule has 0 aliphatic rings. The normalized spacial score (nSPS) is 12.9. The van der Waals surface area contributed by atoms with Crippen molar-refractivity contribution in [1.29, 1.82) is 0 Å². The molecule has 0 aliphatic heterocycles. The van der Waals surface area contributed by atoms with Crippen LogP contribution < -0.4 is 5.73 Å². The van der Waals surface area contributed by atoms with Crippen LogP contribution in [0.25, 0.3) is 10.1 Å². The summed E-state index contributed by atoms with van der Waals surface area (Å²) >= 11 is 1.76. The largest absolute Gasteiger partial charge is 0.324 e. The molecule has 2 rings (SSSR count). The molecule has 1 heterocycles. The van der Waals surface area contributed by atoms with Gasteiger partial charge in [0.15, 0.2) is 0 Å². The first kappa shape index (κ1) is 10.4. The summed E-state index contributed by atoms with van der Waals surface area (Å²) in [5, 5.41) is 3.45. The van der Waals surface area contributed by atoms with Gasteiger partial charge in [0.25, 0.3) is 0 Å². The van der Waals surface area contributed by atoms with Crippen molar-refractivity contribution < 1.29 is 0 Å². The molecular formula is C13H15NS. The van der Waals surface area contributed by atoms with Crippen LogP contribution in [0.4, 0.5) is 0 Å². The molecule has 15 heavy (non-hydrogen) atoms. The first-order chi connectivity index (χ1) is 7.18. The number of benzene rings is 1. The Labute approximate surface area is 94.2 Å². The lowest BCUT2D eigenvalue weighted by Crippen LogP contribution is -2.09. The molecule has 1 atom stereocenters. The van der Waals surface area contributed by atoms with Crippen LogP contribution in [-0.2, 0) is 0 Å². The van der Waals surface area contributed by atoms with Crippen LogP contribution in [0, 0.1) is 0 Å². The summed E-state index contributed by atoms with van der Waals surface area (Å²) in [5.74, 6) is 0. The predicted octanol–water partition coefficient (Wildman–Crippen LogP) is 3.87. The Morgan fingerprint density at radius 3 is 2.93 bits per heavy atom. The Balaban J connectivity index is 2.39. The minimum atomic E-state index is 0.0821. The highest BCUT2D eigenvalue weighted by Crippen LogP contribution is 2.31. The first-order valence-corrected chi connectivity index (χ1v) is 5.92. The van der Waals surface area contributed by atoms with Crippen molar-refractivity contribution in [1.82, 2.24) is 0 Å². The van der Waals surface area contributed by atoms with Crippen LogP contribution in [0.3, 0.4) is 0 Å². The average molecular weight is 217 g/mol. The third kappa shape index (κ3) is 2.11. The molecule has 0 radical (unpaired) electrons. The third-order valence-electron chi connectivity index (χ3n) is 2.48. The minimum Gasteiger partial charge on any atom is -0.324 e. The summed E-state index contributed by atoms with van der Waals surface area (Å²) in [7, 11) is 0. The van der Waals surface area contributed by atoms with E-state index in [1.54, 1.807) is 11.3 Å². The summed E-state index contributed by atoms with van der Waals surface area (Å²) in [4.78, 5) is 0. The van der Waals surface area contributed by atoms with Gasteiger partial charge in [-0.2, -0.15) is 0 Å². The van der Waals surface area contributed by atoms with Crippen LogP contribution in [0.15, 0.2) is 41.8 Å². The van der Waals surface area contributed by atoms with Gasteiger partial charge in [-0.3, -0.25) is 0 Å². The quantitative estimate of drug-likeness (QED) is 0.776. The molecule has 2 heteroatoms. The van der Waals surface area contributed by atoms with E-state index in [2.05, 4.69) is 36.2 Å². The monoisotopic (exact) mass is 217 g/mol. The Morgan fingerprint density at radius 2 is 2.20 bits per heavy atom. The number of hydrogen-bond donors (Lipinski definition) is 1. The van der Waals surface area contributed by atoms with E-state index in [1.807, 2.05) is 6.92 Å². The third-order valence-corrected chi connectivity index (χ3v) is 3.46. The molecule has 0 spiro atoms. The first-order valence-electron chi connectivity index (χ1n) is 5.04. The average Bonchev–Trinajstić information content (AvgIpc) is 2.59. The second-order valence-electron chi connectivity index (χ2n) is 3.95. The highest BCUT2D eigenvalue weighted by Gasteiger charge is 2.11. The Bertz CT molecular complexity index is 484. The van der Waals surface area contributed by atoms with Gasteiger partial charge in [0.1, 0.15) is 0 Å². The summed E-state index contributed by atoms with van der Waals surface area (Å²) in [6, 6.07) is 8.48. The zero-order valence-electron chi connectivity index (χ0n) is 8.86. The smallest absolute Gasteiger partial charge is 0.0346 e. The molecule has 0 aliphatic carbocycles. The number of thiophene rings is 1. The maximum absolute atomic E-state index is 6.15. The Kier molecular flexibility index (Phi) is 2.89. The van der Waals surface area contributed by atoms with Crippen LogP contribution in [0.1, 0.15) is 24.9 Å². The second kappa shape index (κ2) is 4.17. The fraction of sp³-hybridized carbons (Fsp3) is 0.231. The van der Waals surface area contributed by atoms with Crippen LogP contribution in [0.2, 0.25) is 0 Å².